The van der Waals surface area contributed by atoms with E-state index in [4.69, 9.17) is 14.7 Å². The predicted octanol–water partition coefficient (Wildman–Crippen LogP) is 4.06. The van der Waals surface area contributed by atoms with E-state index in [0.717, 1.165) is 49.4 Å². The molecule has 214 valence electrons. The first kappa shape index (κ1) is 27.1. The van der Waals surface area contributed by atoms with Crippen LogP contribution in [0.5, 0.6) is 6.01 Å². The van der Waals surface area contributed by atoms with Gasteiger partial charge in [-0.3, -0.25) is 0 Å². The molecule has 10 heteroatoms. The number of likely N-dealkylation sites (N-methyl/N-ethyl adjacent to an activating group) is 1. The minimum absolute atomic E-state index is 0.141. The lowest BCUT2D eigenvalue weighted by atomic mass is 9.99. The molecule has 3 aliphatic heterocycles. The van der Waals surface area contributed by atoms with Gasteiger partial charge in [-0.25, -0.2) is 4.79 Å². The molecule has 0 spiro atoms. The molecular formula is C31H37N7O3. The first-order chi connectivity index (χ1) is 19.9. The number of nitriles is 1. The minimum atomic E-state index is -0.986. The van der Waals surface area contributed by atoms with Crippen LogP contribution in [0.15, 0.2) is 36.4 Å². The van der Waals surface area contributed by atoms with Gasteiger partial charge in [-0.15, -0.1) is 0 Å². The number of ether oxygens (including phenoxy) is 1. The molecule has 2 atom stereocenters. The highest BCUT2D eigenvalue weighted by Crippen LogP contribution is 2.36. The number of aromatic nitrogens is 2. The maximum absolute atomic E-state index is 11.8. The van der Waals surface area contributed by atoms with Gasteiger partial charge in [-0.1, -0.05) is 30.3 Å². The lowest BCUT2D eigenvalue weighted by Crippen LogP contribution is -2.55. The monoisotopic (exact) mass is 555 g/mol. The number of fused-ring (bicyclic) bond motifs is 2. The highest BCUT2D eigenvalue weighted by atomic mass is 16.5. The van der Waals surface area contributed by atoms with Crippen LogP contribution in [0.3, 0.4) is 0 Å². The van der Waals surface area contributed by atoms with Gasteiger partial charge in [-0.05, 0) is 56.8 Å². The minimum Gasteiger partial charge on any atom is -0.465 e. The van der Waals surface area contributed by atoms with Crippen LogP contribution in [0, 0.1) is 18.3 Å². The number of nitrogens with zero attached hydrogens (tertiary/aromatic N) is 7. The summed E-state index contributed by atoms with van der Waals surface area (Å²) in [5.41, 5.74) is 4.48. The molecular weight excluding hydrogens is 518 g/mol. The summed E-state index contributed by atoms with van der Waals surface area (Å²) < 4.78 is 6.26. The summed E-state index contributed by atoms with van der Waals surface area (Å²) in [6, 6.07) is 15.3. The number of amides is 1. The maximum atomic E-state index is 11.8. The van der Waals surface area contributed by atoms with E-state index in [1.54, 1.807) is 0 Å². The van der Waals surface area contributed by atoms with Gasteiger partial charge in [0, 0.05) is 48.9 Å². The van der Waals surface area contributed by atoms with Gasteiger partial charge in [0.15, 0.2) is 0 Å². The van der Waals surface area contributed by atoms with E-state index in [0.29, 0.717) is 44.8 Å². The summed E-state index contributed by atoms with van der Waals surface area (Å²) >= 11 is 0. The average Bonchev–Trinajstić information content (AvgIpc) is 3.39. The molecule has 1 N–H and O–H groups in total. The Morgan fingerprint density at radius 3 is 2.68 bits per heavy atom. The Bertz CT molecular complexity index is 1480. The smallest absolute Gasteiger partial charge is 0.407 e. The predicted molar refractivity (Wildman–Crippen MR) is 158 cm³/mol. The number of rotatable bonds is 6. The molecule has 3 aliphatic rings. The molecule has 2 saturated heterocycles. The second-order valence-corrected chi connectivity index (χ2v) is 11.4. The molecule has 0 saturated carbocycles. The molecule has 0 aliphatic carbocycles. The zero-order valence-corrected chi connectivity index (χ0v) is 23.8. The molecule has 0 bridgehead atoms. The normalized spacial score (nSPS) is 21.1. The highest BCUT2D eigenvalue weighted by Gasteiger charge is 2.34. The Morgan fingerprint density at radius 1 is 1.10 bits per heavy atom. The summed E-state index contributed by atoms with van der Waals surface area (Å²) in [5.74, 6) is 0.812. The molecule has 41 heavy (non-hydrogen) atoms. The number of carbonyl (C=O) groups is 1. The number of likely N-dealkylation sites (tertiary alicyclic amines) is 1. The molecule has 3 aromatic rings. The van der Waals surface area contributed by atoms with Crippen molar-refractivity contribution in [3.63, 3.8) is 0 Å². The lowest BCUT2D eigenvalue weighted by Gasteiger charge is -2.41. The molecule has 10 nitrogen and oxygen atoms in total. The van der Waals surface area contributed by atoms with Gasteiger partial charge < -0.3 is 29.4 Å². The van der Waals surface area contributed by atoms with Crippen molar-refractivity contribution < 1.29 is 14.6 Å². The largest absolute Gasteiger partial charge is 0.465 e. The van der Waals surface area contributed by atoms with E-state index in [9.17, 15) is 15.2 Å². The first-order valence-electron chi connectivity index (χ1n) is 14.5. The van der Waals surface area contributed by atoms with E-state index in [-0.39, 0.29) is 6.42 Å². The quantitative estimate of drug-likeness (QED) is 0.482. The number of aryl methyl sites for hydroxylation is 1. The number of anilines is 2. The number of hydrogen-bond donors (Lipinski definition) is 1. The van der Waals surface area contributed by atoms with Gasteiger partial charge >= 0.3 is 12.1 Å². The fraction of sp³-hybridized carbons (Fsp3) is 0.484. The summed E-state index contributed by atoms with van der Waals surface area (Å²) in [7, 11) is 2.13. The van der Waals surface area contributed by atoms with Gasteiger partial charge in [0.1, 0.15) is 12.4 Å². The maximum Gasteiger partial charge on any atom is 0.407 e. The van der Waals surface area contributed by atoms with Crippen LogP contribution in [0.25, 0.3) is 10.8 Å². The van der Waals surface area contributed by atoms with E-state index in [1.165, 1.54) is 26.9 Å². The zero-order chi connectivity index (χ0) is 28.5. The number of piperazine rings is 1. The van der Waals surface area contributed by atoms with Crippen molar-refractivity contribution >= 4 is 28.4 Å². The van der Waals surface area contributed by atoms with Crippen LogP contribution in [-0.2, 0) is 13.0 Å². The molecule has 2 aromatic carbocycles. The van der Waals surface area contributed by atoms with Gasteiger partial charge in [-0.2, -0.15) is 15.2 Å². The summed E-state index contributed by atoms with van der Waals surface area (Å²) in [4.78, 5) is 29.9. The Morgan fingerprint density at radius 2 is 1.93 bits per heavy atom. The topological polar surface area (TPSA) is 109 Å². The van der Waals surface area contributed by atoms with Crippen molar-refractivity contribution in [2.45, 2.75) is 51.2 Å². The Kier molecular flexibility index (Phi) is 7.54. The van der Waals surface area contributed by atoms with Crippen molar-refractivity contribution in [3.8, 4) is 12.1 Å². The standard InChI is InChI=1S/C31H37N7O3/c1-21-6-3-7-22-8-4-10-27(28(21)22)36-15-12-25-26(19-36)33-30(41-20-24-9-5-14-35(24)2)34-29(25)37-16-17-38(31(39)40)23(18-37)11-13-32/h3-4,6-8,10,23-24H,5,9,11-12,14-20H2,1-2H3,(H,39,40)/t23?,24-/m0/s1. The van der Waals surface area contributed by atoms with Crippen LogP contribution >= 0.6 is 0 Å². The van der Waals surface area contributed by atoms with Gasteiger partial charge in [0.25, 0.3) is 0 Å². The second-order valence-electron chi connectivity index (χ2n) is 11.4. The highest BCUT2D eigenvalue weighted by molar-refractivity contribution is 5.97. The Hall–Kier alpha value is -4.10. The molecule has 4 heterocycles. The van der Waals surface area contributed by atoms with Crippen molar-refractivity contribution in [1.82, 2.24) is 19.8 Å². The number of carboxylic acid groups (broad SMARTS) is 1. The van der Waals surface area contributed by atoms with Crippen LogP contribution in [0.1, 0.15) is 36.1 Å². The second kappa shape index (κ2) is 11.4. The molecule has 1 amide bonds. The number of benzene rings is 2. The van der Waals surface area contributed by atoms with Gasteiger partial charge in [0.2, 0.25) is 0 Å². The molecule has 1 unspecified atom stereocenters. The summed E-state index contributed by atoms with van der Waals surface area (Å²) in [6.45, 7) is 6.46. The van der Waals surface area contributed by atoms with Crippen molar-refractivity contribution in [2.24, 2.45) is 0 Å². The zero-order valence-electron chi connectivity index (χ0n) is 23.8. The van der Waals surface area contributed by atoms with E-state index in [2.05, 4.69) is 71.1 Å². The fourth-order valence-electron chi connectivity index (χ4n) is 6.63. The SMILES string of the molecule is Cc1cccc2cccc(N3CCc4c(nc(OC[C@@H]5CCCN5C)nc4N4CCN(C(=O)O)C(CC#N)C4)C3)c12. The van der Waals surface area contributed by atoms with Crippen LogP contribution in [0.4, 0.5) is 16.3 Å². The van der Waals surface area contributed by atoms with Crippen LogP contribution < -0.4 is 14.5 Å². The number of hydrogen-bond acceptors (Lipinski definition) is 8. The van der Waals surface area contributed by atoms with Crippen LogP contribution in [0.2, 0.25) is 0 Å². The Labute approximate surface area is 240 Å². The summed E-state index contributed by atoms with van der Waals surface area (Å²) in [6.07, 6.45) is 2.17. The Balaban J connectivity index is 1.34. The van der Waals surface area contributed by atoms with E-state index < -0.39 is 12.1 Å². The molecule has 0 radical (unpaired) electrons. The first-order valence-corrected chi connectivity index (χ1v) is 14.5. The molecule has 6 rings (SSSR count). The third kappa shape index (κ3) is 5.34. The third-order valence-corrected chi connectivity index (χ3v) is 8.89. The fourth-order valence-corrected chi connectivity index (χ4v) is 6.63. The lowest BCUT2D eigenvalue weighted by molar-refractivity contribution is 0.119. The van der Waals surface area contributed by atoms with Crippen LogP contribution in [-0.4, -0.2) is 89.4 Å². The summed E-state index contributed by atoms with van der Waals surface area (Å²) in [5, 5.41) is 21.6. The van der Waals surface area contributed by atoms with Crippen molar-refractivity contribution in [3.05, 3.63) is 53.2 Å². The third-order valence-electron chi connectivity index (χ3n) is 8.89. The van der Waals surface area contributed by atoms with Crippen molar-refractivity contribution in [2.75, 3.05) is 56.2 Å². The van der Waals surface area contributed by atoms with E-state index in [1.807, 2.05) is 0 Å². The van der Waals surface area contributed by atoms with E-state index >= 15 is 0 Å². The van der Waals surface area contributed by atoms with Gasteiger partial charge in [0.05, 0.1) is 30.8 Å². The van der Waals surface area contributed by atoms with Crippen molar-refractivity contribution in [1.29, 1.82) is 5.26 Å². The molecule has 1 aromatic heterocycles. The molecule has 2 fully saturated rings. The average molecular weight is 556 g/mol.